The summed E-state index contributed by atoms with van der Waals surface area (Å²) in [7, 11) is 0. The van der Waals surface area contributed by atoms with Crippen molar-refractivity contribution in [2.24, 2.45) is 0 Å². The van der Waals surface area contributed by atoms with Gasteiger partial charge in [-0.25, -0.2) is 0 Å². The zero-order valence-electron chi connectivity index (χ0n) is 19.9. The molecule has 0 aliphatic carbocycles. The normalized spacial score (nSPS) is 13.4. The van der Waals surface area contributed by atoms with Gasteiger partial charge in [0.1, 0.15) is 11.0 Å². The van der Waals surface area contributed by atoms with Gasteiger partial charge in [-0.15, -0.1) is 10.2 Å². The molecule has 0 spiro atoms. The number of non-ortho nitro benzene ring substituents is 1. The fourth-order valence-electron chi connectivity index (χ4n) is 4.02. The number of aryl methyl sites for hydroxylation is 1. The average Bonchev–Trinajstić information content (AvgIpc) is 3.32. The van der Waals surface area contributed by atoms with Crippen LogP contribution in [0.4, 0.5) is 17.1 Å². The predicted molar refractivity (Wildman–Crippen MR) is 143 cm³/mol. The number of hydrogen-bond donors (Lipinski definition) is 2. The summed E-state index contributed by atoms with van der Waals surface area (Å²) in [5.74, 6) is -0.547. The number of rotatable bonds is 5. The second-order valence-electron chi connectivity index (χ2n) is 8.49. The number of thiocarbonyl (C=S) groups is 1. The van der Waals surface area contributed by atoms with Crippen LogP contribution in [0.25, 0.3) is 16.7 Å². The van der Waals surface area contributed by atoms with Gasteiger partial charge in [0, 0.05) is 30.9 Å². The summed E-state index contributed by atoms with van der Waals surface area (Å²) < 4.78 is 5.38. The lowest BCUT2D eigenvalue weighted by Crippen LogP contribution is -2.39. The Balaban J connectivity index is 1.33. The first-order valence-corrected chi connectivity index (χ1v) is 12.0. The summed E-state index contributed by atoms with van der Waals surface area (Å²) in [6, 6.07) is 17.5. The molecule has 0 saturated carbocycles. The van der Waals surface area contributed by atoms with Gasteiger partial charge in [-0.1, -0.05) is 17.7 Å². The maximum atomic E-state index is 13.1. The number of nitrogens with zero attached hydrogens (tertiary/aromatic N) is 5. The number of nitro groups is 1. The number of nitro benzene ring substituents is 1. The summed E-state index contributed by atoms with van der Waals surface area (Å²) in [6.07, 6.45) is 0. The molecule has 4 aromatic rings. The van der Waals surface area contributed by atoms with Crippen LogP contribution >= 0.6 is 12.2 Å². The summed E-state index contributed by atoms with van der Waals surface area (Å²) in [4.78, 5) is 27.5. The van der Waals surface area contributed by atoms with E-state index >= 15 is 0 Å². The van der Waals surface area contributed by atoms with Crippen molar-refractivity contribution in [1.29, 1.82) is 0 Å². The maximum Gasteiger partial charge on any atom is 0.270 e. The summed E-state index contributed by atoms with van der Waals surface area (Å²) in [5, 5.41) is 26.0. The van der Waals surface area contributed by atoms with Crippen molar-refractivity contribution in [3.63, 3.8) is 0 Å². The lowest BCUT2D eigenvalue weighted by atomic mass is 10.1. The lowest BCUT2D eigenvalue weighted by molar-refractivity contribution is -0.384. The van der Waals surface area contributed by atoms with Gasteiger partial charge in [0.05, 0.1) is 35.1 Å². The predicted octanol–water partition coefficient (Wildman–Crippen LogP) is 3.60. The number of carbonyl (C=O) groups is 1. The van der Waals surface area contributed by atoms with Gasteiger partial charge in [-0.3, -0.25) is 20.2 Å². The van der Waals surface area contributed by atoms with E-state index in [9.17, 15) is 14.9 Å². The Morgan fingerprint density at radius 2 is 1.76 bits per heavy atom. The number of hydrogen-bond acceptors (Lipinski definition) is 8. The van der Waals surface area contributed by atoms with Crippen LogP contribution < -0.4 is 15.5 Å². The number of aromatic nitrogens is 3. The Bertz CT molecular complexity index is 1500. The van der Waals surface area contributed by atoms with Crippen molar-refractivity contribution in [3.8, 4) is 5.69 Å². The highest BCUT2D eigenvalue weighted by Crippen LogP contribution is 2.26. The minimum Gasteiger partial charge on any atom is -0.378 e. The first-order chi connectivity index (χ1) is 17.9. The number of amides is 1. The molecule has 2 N–H and O–H groups in total. The third-order valence-electron chi connectivity index (χ3n) is 5.92. The molecule has 1 amide bonds. The topological polar surface area (TPSA) is 127 Å². The quantitative estimate of drug-likeness (QED) is 0.232. The highest BCUT2D eigenvalue weighted by molar-refractivity contribution is 7.80. The first-order valence-electron chi connectivity index (χ1n) is 11.5. The third-order valence-corrected chi connectivity index (χ3v) is 6.12. The summed E-state index contributed by atoms with van der Waals surface area (Å²) in [5.41, 5.74) is 4.52. The smallest absolute Gasteiger partial charge is 0.270 e. The molecule has 11 nitrogen and oxygen atoms in total. The molecule has 0 bridgehead atoms. The fraction of sp³-hybridized carbons (Fsp3) is 0.200. The van der Waals surface area contributed by atoms with Crippen LogP contribution in [-0.4, -0.2) is 57.2 Å². The zero-order chi connectivity index (χ0) is 25.9. The lowest BCUT2D eigenvalue weighted by Gasteiger charge is -2.30. The van der Waals surface area contributed by atoms with Gasteiger partial charge in [0.25, 0.3) is 11.6 Å². The molecule has 1 fully saturated rings. The van der Waals surface area contributed by atoms with Crippen LogP contribution in [0.1, 0.15) is 15.9 Å². The number of benzene rings is 3. The van der Waals surface area contributed by atoms with Crippen molar-refractivity contribution >= 4 is 51.3 Å². The molecule has 1 aliphatic rings. The van der Waals surface area contributed by atoms with Gasteiger partial charge in [-0.05, 0) is 55.5 Å². The molecule has 2 heterocycles. The number of nitrogens with one attached hydrogen (secondary N) is 2. The van der Waals surface area contributed by atoms with Crippen molar-refractivity contribution in [2.45, 2.75) is 6.92 Å². The van der Waals surface area contributed by atoms with Crippen LogP contribution in [0.3, 0.4) is 0 Å². The summed E-state index contributed by atoms with van der Waals surface area (Å²) in [6.45, 7) is 4.18. The molecule has 0 unspecified atom stereocenters. The largest absolute Gasteiger partial charge is 0.378 e. The van der Waals surface area contributed by atoms with Gasteiger partial charge < -0.3 is 15.0 Å². The van der Waals surface area contributed by atoms with E-state index in [2.05, 4.69) is 20.8 Å². The fourth-order valence-corrected chi connectivity index (χ4v) is 4.23. The standard InChI is InChI=1S/C25H23N7O4S/c1-16-2-5-18(6-3-16)31-28-21-8-4-17(14-22(21)29-31)26-25(37)27-24(33)20-15-19(32(34)35)7-9-23(20)30-10-12-36-13-11-30/h2-9,14-15H,10-13H2,1H3,(H2,26,27,33,37). The third kappa shape index (κ3) is 5.39. The molecule has 1 saturated heterocycles. The van der Waals surface area contributed by atoms with Gasteiger partial charge in [-0.2, -0.15) is 4.80 Å². The van der Waals surface area contributed by atoms with Gasteiger partial charge in [0.15, 0.2) is 5.11 Å². The van der Waals surface area contributed by atoms with Crippen LogP contribution in [0.2, 0.25) is 0 Å². The van der Waals surface area contributed by atoms with Crippen molar-refractivity contribution < 1.29 is 14.5 Å². The first kappa shape index (κ1) is 24.3. The molecule has 5 rings (SSSR count). The Hall–Kier alpha value is -4.42. The van der Waals surface area contributed by atoms with E-state index in [1.165, 1.54) is 12.1 Å². The number of fused-ring (bicyclic) bond motifs is 1. The number of morpholine rings is 1. The molecule has 1 aromatic heterocycles. The molecule has 12 heteroatoms. The molecular weight excluding hydrogens is 494 g/mol. The Kier molecular flexibility index (Phi) is 6.75. The molecule has 0 radical (unpaired) electrons. The second-order valence-corrected chi connectivity index (χ2v) is 8.90. The maximum absolute atomic E-state index is 13.1. The van der Waals surface area contributed by atoms with E-state index in [0.29, 0.717) is 48.7 Å². The second kappa shape index (κ2) is 10.3. The summed E-state index contributed by atoms with van der Waals surface area (Å²) >= 11 is 5.36. The highest BCUT2D eigenvalue weighted by atomic mass is 32.1. The molecule has 3 aromatic carbocycles. The highest BCUT2D eigenvalue weighted by Gasteiger charge is 2.22. The SMILES string of the molecule is Cc1ccc(-n2nc3ccc(NC(=S)NC(=O)c4cc([N+](=O)[O-])ccc4N4CCOCC4)cc3n2)cc1. The van der Waals surface area contributed by atoms with Crippen molar-refractivity contribution in [3.05, 3.63) is 81.9 Å². The van der Waals surface area contributed by atoms with Crippen LogP contribution in [0.15, 0.2) is 60.7 Å². The Morgan fingerprint density at radius 1 is 1.03 bits per heavy atom. The van der Waals surface area contributed by atoms with E-state index in [0.717, 1.165) is 11.3 Å². The molecule has 37 heavy (non-hydrogen) atoms. The molecular formula is C25H23N7O4S. The van der Waals surface area contributed by atoms with Crippen LogP contribution in [-0.2, 0) is 4.74 Å². The van der Waals surface area contributed by atoms with Crippen LogP contribution in [0, 0.1) is 17.0 Å². The number of anilines is 2. The van der Waals surface area contributed by atoms with E-state index in [4.69, 9.17) is 17.0 Å². The molecule has 188 valence electrons. The Labute approximate surface area is 217 Å². The van der Waals surface area contributed by atoms with E-state index in [-0.39, 0.29) is 16.4 Å². The average molecular weight is 518 g/mol. The number of ether oxygens (including phenoxy) is 1. The van der Waals surface area contributed by atoms with Gasteiger partial charge in [0.2, 0.25) is 0 Å². The Morgan fingerprint density at radius 3 is 2.49 bits per heavy atom. The number of carbonyl (C=O) groups excluding carboxylic acids is 1. The van der Waals surface area contributed by atoms with E-state index in [1.807, 2.05) is 36.1 Å². The molecule has 1 aliphatic heterocycles. The monoisotopic (exact) mass is 517 g/mol. The van der Waals surface area contributed by atoms with E-state index in [1.54, 1.807) is 29.1 Å². The zero-order valence-corrected chi connectivity index (χ0v) is 20.7. The van der Waals surface area contributed by atoms with Crippen molar-refractivity contribution in [1.82, 2.24) is 20.3 Å². The van der Waals surface area contributed by atoms with Crippen LogP contribution in [0.5, 0.6) is 0 Å². The minimum absolute atomic E-state index is 0.0507. The van der Waals surface area contributed by atoms with Gasteiger partial charge >= 0.3 is 0 Å². The van der Waals surface area contributed by atoms with Crippen molar-refractivity contribution in [2.75, 3.05) is 36.5 Å². The molecule has 0 atom stereocenters. The minimum atomic E-state index is -0.547. The van der Waals surface area contributed by atoms with E-state index < -0.39 is 10.8 Å².